The van der Waals surface area contributed by atoms with Gasteiger partial charge in [-0.05, 0) is 56.8 Å². The summed E-state index contributed by atoms with van der Waals surface area (Å²) in [7, 11) is 0. The van der Waals surface area contributed by atoms with Crippen LogP contribution in [0.15, 0.2) is 10.8 Å². The zero-order valence-corrected chi connectivity index (χ0v) is 14.5. The topological polar surface area (TPSA) is 81.4 Å². The molecule has 1 aromatic heterocycles. The third-order valence-electron chi connectivity index (χ3n) is 5.46. The zero-order valence-electron chi connectivity index (χ0n) is 14.5. The van der Waals surface area contributed by atoms with Crippen LogP contribution in [0.25, 0.3) is 0 Å². The van der Waals surface area contributed by atoms with Crippen molar-refractivity contribution in [3.63, 3.8) is 0 Å². The second-order valence-electron chi connectivity index (χ2n) is 7.09. The summed E-state index contributed by atoms with van der Waals surface area (Å²) < 4.78 is 10.1. The van der Waals surface area contributed by atoms with E-state index in [0.29, 0.717) is 29.7 Å². The number of nitrogens with zero attached hydrogens (tertiary/aromatic N) is 1. The standard InChI is InChI=1S/C18H26N2O4/c1-3-14-13(11-24-20-14)16(21)19-15(17(22)23-4-2)12-6-5-7-18(10-12)8-9-18/h11-12,15H,3-10H2,1-2H3,(H,19,21). The Kier molecular flexibility index (Phi) is 4.92. The number of esters is 1. The van der Waals surface area contributed by atoms with Crippen molar-refractivity contribution in [1.29, 1.82) is 0 Å². The third kappa shape index (κ3) is 3.47. The van der Waals surface area contributed by atoms with E-state index in [1.807, 2.05) is 6.92 Å². The van der Waals surface area contributed by atoms with Gasteiger partial charge in [0, 0.05) is 0 Å². The average molecular weight is 334 g/mol. The van der Waals surface area contributed by atoms with Crippen molar-refractivity contribution in [1.82, 2.24) is 10.5 Å². The third-order valence-corrected chi connectivity index (χ3v) is 5.46. The van der Waals surface area contributed by atoms with Gasteiger partial charge in [-0.1, -0.05) is 18.5 Å². The van der Waals surface area contributed by atoms with E-state index in [1.54, 1.807) is 6.92 Å². The number of aryl methyl sites for hydroxylation is 1. The molecule has 0 radical (unpaired) electrons. The van der Waals surface area contributed by atoms with Gasteiger partial charge >= 0.3 is 5.97 Å². The Morgan fingerprint density at radius 1 is 1.42 bits per heavy atom. The Labute approximate surface area is 142 Å². The van der Waals surface area contributed by atoms with E-state index in [0.717, 1.165) is 19.3 Å². The molecule has 1 spiro atoms. The maximum absolute atomic E-state index is 12.6. The summed E-state index contributed by atoms with van der Waals surface area (Å²) in [4.78, 5) is 25.1. The van der Waals surface area contributed by atoms with E-state index in [2.05, 4.69) is 10.5 Å². The maximum atomic E-state index is 12.6. The molecule has 0 aromatic carbocycles. The summed E-state index contributed by atoms with van der Waals surface area (Å²) in [5.74, 6) is -0.487. The van der Waals surface area contributed by atoms with Crippen molar-refractivity contribution in [3.8, 4) is 0 Å². The number of hydrogen-bond donors (Lipinski definition) is 1. The van der Waals surface area contributed by atoms with Crippen molar-refractivity contribution in [3.05, 3.63) is 17.5 Å². The largest absolute Gasteiger partial charge is 0.464 e. The van der Waals surface area contributed by atoms with Crippen LogP contribution in [-0.2, 0) is 16.0 Å². The molecule has 2 unspecified atom stereocenters. The van der Waals surface area contributed by atoms with Crippen LogP contribution >= 0.6 is 0 Å². The van der Waals surface area contributed by atoms with Crippen LogP contribution in [0.1, 0.15) is 68.4 Å². The first-order valence-electron chi connectivity index (χ1n) is 8.99. The molecule has 0 saturated heterocycles. The molecule has 2 aliphatic rings. The molecule has 2 aliphatic carbocycles. The molecular formula is C18H26N2O4. The van der Waals surface area contributed by atoms with Gasteiger partial charge in [-0.3, -0.25) is 4.79 Å². The minimum Gasteiger partial charge on any atom is -0.464 e. The summed E-state index contributed by atoms with van der Waals surface area (Å²) in [5, 5.41) is 6.74. The molecule has 24 heavy (non-hydrogen) atoms. The predicted molar refractivity (Wildman–Crippen MR) is 87.4 cm³/mol. The van der Waals surface area contributed by atoms with Gasteiger partial charge in [0.05, 0.1) is 12.3 Å². The van der Waals surface area contributed by atoms with Gasteiger partial charge in [0.2, 0.25) is 0 Å². The summed E-state index contributed by atoms with van der Waals surface area (Å²) >= 11 is 0. The summed E-state index contributed by atoms with van der Waals surface area (Å²) in [6, 6.07) is -0.588. The zero-order chi connectivity index (χ0) is 17.2. The van der Waals surface area contributed by atoms with Crippen molar-refractivity contribution in [2.24, 2.45) is 11.3 Å². The van der Waals surface area contributed by atoms with Gasteiger partial charge in [0.15, 0.2) is 0 Å². The normalized spacial score (nSPS) is 22.8. The molecule has 6 heteroatoms. The van der Waals surface area contributed by atoms with E-state index in [1.165, 1.54) is 25.5 Å². The molecule has 132 valence electrons. The molecule has 6 nitrogen and oxygen atoms in total. The fraction of sp³-hybridized carbons (Fsp3) is 0.722. The molecule has 1 heterocycles. The van der Waals surface area contributed by atoms with Gasteiger partial charge < -0.3 is 14.6 Å². The SMILES string of the molecule is CCOC(=O)C(NC(=O)c1conc1CC)C1CCCC2(CC2)C1. The van der Waals surface area contributed by atoms with Gasteiger partial charge in [-0.2, -0.15) is 0 Å². The lowest BCUT2D eigenvalue weighted by Gasteiger charge is -2.34. The molecule has 1 amide bonds. The number of carbonyl (C=O) groups excluding carboxylic acids is 2. The lowest BCUT2D eigenvalue weighted by atomic mass is 9.75. The smallest absolute Gasteiger partial charge is 0.328 e. The first-order valence-corrected chi connectivity index (χ1v) is 8.99. The number of hydrogen-bond acceptors (Lipinski definition) is 5. The summed E-state index contributed by atoms with van der Waals surface area (Å²) in [5.41, 5.74) is 1.44. The molecule has 3 rings (SSSR count). The fourth-order valence-corrected chi connectivity index (χ4v) is 3.93. The average Bonchev–Trinajstić information content (AvgIpc) is 3.14. The number of ether oxygens (including phenoxy) is 1. The first-order chi connectivity index (χ1) is 11.6. The van der Waals surface area contributed by atoms with Crippen LogP contribution in [-0.4, -0.2) is 29.7 Å². The minimum absolute atomic E-state index is 0.147. The van der Waals surface area contributed by atoms with Gasteiger partial charge in [0.25, 0.3) is 5.91 Å². The van der Waals surface area contributed by atoms with Crippen LogP contribution in [0.4, 0.5) is 0 Å². The minimum atomic E-state index is -0.588. The quantitative estimate of drug-likeness (QED) is 0.809. The number of aromatic nitrogens is 1. The predicted octanol–water partition coefficient (Wildman–Crippen LogP) is 2.87. The van der Waals surface area contributed by atoms with E-state index < -0.39 is 6.04 Å². The maximum Gasteiger partial charge on any atom is 0.328 e. The Balaban J connectivity index is 1.74. The molecular weight excluding hydrogens is 308 g/mol. The summed E-state index contributed by atoms with van der Waals surface area (Å²) in [6.07, 6.45) is 8.77. The Morgan fingerprint density at radius 3 is 2.88 bits per heavy atom. The van der Waals surface area contributed by atoms with Gasteiger partial charge in [-0.25, -0.2) is 4.79 Å². The second kappa shape index (κ2) is 6.95. The molecule has 2 atom stereocenters. The van der Waals surface area contributed by atoms with Crippen molar-refractivity contribution >= 4 is 11.9 Å². The lowest BCUT2D eigenvalue weighted by molar-refractivity contribution is -0.147. The summed E-state index contributed by atoms with van der Waals surface area (Å²) in [6.45, 7) is 4.02. The van der Waals surface area contributed by atoms with E-state index in [-0.39, 0.29) is 17.8 Å². The highest BCUT2D eigenvalue weighted by Crippen LogP contribution is 2.58. The highest BCUT2D eigenvalue weighted by atomic mass is 16.5. The van der Waals surface area contributed by atoms with Crippen molar-refractivity contribution in [2.75, 3.05) is 6.61 Å². The van der Waals surface area contributed by atoms with Crippen molar-refractivity contribution in [2.45, 2.75) is 64.8 Å². The van der Waals surface area contributed by atoms with Crippen molar-refractivity contribution < 1.29 is 18.8 Å². The molecule has 0 aliphatic heterocycles. The van der Waals surface area contributed by atoms with Crippen LogP contribution in [0.3, 0.4) is 0 Å². The van der Waals surface area contributed by atoms with Gasteiger partial charge in [0.1, 0.15) is 17.9 Å². The molecule has 2 fully saturated rings. The molecule has 2 saturated carbocycles. The Bertz CT molecular complexity index is 606. The Hall–Kier alpha value is -1.85. The first kappa shape index (κ1) is 17.0. The van der Waals surface area contributed by atoms with Crippen LogP contribution < -0.4 is 5.32 Å². The monoisotopic (exact) mass is 334 g/mol. The van der Waals surface area contributed by atoms with E-state index in [4.69, 9.17) is 9.26 Å². The van der Waals surface area contributed by atoms with Crippen LogP contribution in [0, 0.1) is 11.3 Å². The number of carbonyl (C=O) groups is 2. The highest BCUT2D eigenvalue weighted by molar-refractivity contribution is 5.97. The molecule has 0 bridgehead atoms. The lowest BCUT2D eigenvalue weighted by Crippen LogP contribution is -2.48. The van der Waals surface area contributed by atoms with Crippen LogP contribution in [0.5, 0.6) is 0 Å². The number of rotatable bonds is 6. The van der Waals surface area contributed by atoms with Crippen LogP contribution in [0.2, 0.25) is 0 Å². The van der Waals surface area contributed by atoms with Gasteiger partial charge in [-0.15, -0.1) is 0 Å². The molecule has 1 N–H and O–H groups in total. The molecule has 1 aromatic rings. The second-order valence-corrected chi connectivity index (χ2v) is 7.09. The van der Waals surface area contributed by atoms with E-state index in [9.17, 15) is 9.59 Å². The number of nitrogens with one attached hydrogen (secondary N) is 1. The fourth-order valence-electron chi connectivity index (χ4n) is 3.93. The van der Waals surface area contributed by atoms with E-state index >= 15 is 0 Å². The highest BCUT2D eigenvalue weighted by Gasteiger charge is 2.48. The number of amides is 1. The Morgan fingerprint density at radius 2 is 2.21 bits per heavy atom.